The van der Waals surface area contributed by atoms with E-state index < -0.39 is 0 Å². The Kier molecular flexibility index (Phi) is 3.54. The van der Waals surface area contributed by atoms with Gasteiger partial charge in [0.05, 0.1) is 18.0 Å². The summed E-state index contributed by atoms with van der Waals surface area (Å²) in [6.45, 7) is 6.13. The predicted molar refractivity (Wildman–Crippen MR) is 66.2 cm³/mol. The molecule has 0 aromatic carbocycles. The summed E-state index contributed by atoms with van der Waals surface area (Å²) in [5, 5.41) is 20.1. The maximum atomic E-state index is 9.26. The molecule has 0 amide bonds. The fourth-order valence-corrected chi connectivity index (χ4v) is 2.41. The molecule has 0 aliphatic rings. The molecule has 0 aliphatic carbocycles. The summed E-state index contributed by atoms with van der Waals surface area (Å²) in [5.74, 6) is 0.485. The van der Waals surface area contributed by atoms with E-state index in [4.69, 9.17) is 0 Å². The fraction of sp³-hybridized carbons (Fsp3) is 0.545. The smallest absolute Gasteiger partial charge is 0.212 e. The molecule has 2 rings (SSSR count). The SMILES string of the molecule is Cc1csc(-n2nnc(CO)c2CC(C)C)n1. The first-order valence-electron chi connectivity index (χ1n) is 5.58. The summed E-state index contributed by atoms with van der Waals surface area (Å²) in [6.07, 6.45) is 0.835. The van der Waals surface area contributed by atoms with Crippen LogP contribution in [-0.2, 0) is 13.0 Å². The second kappa shape index (κ2) is 4.93. The molecular weight excluding hydrogens is 236 g/mol. The van der Waals surface area contributed by atoms with Crippen molar-refractivity contribution in [2.24, 2.45) is 5.92 Å². The van der Waals surface area contributed by atoms with Crippen molar-refractivity contribution >= 4 is 11.3 Å². The van der Waals surface area contributed by atoms with Crippen molar-refractivity contribution < 1.29 is 5.11 Å². The summed E-state index contributed by atoms with van der Waals surface area (Å²) in [7, 11) is 0. The lowest BCUT2D eigenvalue weighted by Gasteiger charge is -2.07. The standard InChI is InChI=1S/C11H16N4OS/c1-7(2)4-10-9(5-16)13-14-15(10)11-12-8(3)6-17-11/h6-7,16H,4-5H2,1-3H3. The average Bonchev–Trinajstić information content (AvgIpc) is 2.84. The van der Waals surface area contributed by atoms with Crippen LogP contribution in [0.15, 0.2) is 5.38 Å². The number of hydrogen-bond donors (Lipinski definition) is 1. The van der Waals surface area contributed by atoms with Crippen LogP contribution in [0.2, 0.25) is 0 Å². The Morgan fingerprint density at radius 1 is 1.47 bits per heavy atom. The van der Waals surface area contributed by atoms with E-state index in [1.807, 2.05) is 12.3 Å². The van der Waals surface area contributed by atoms with Crippen LogP contribution < -0.4 is 0 Å². The Morgan fingerprint density at radius 2 is 2.24 bits per heavy atom. The maximum absolute atomic E-state index is 9.26. The number of rotatable bonds is 4. The first-order chi connectivity index (χ1) is 8.11. The minimum atomic E-state index is -0.0770. The molecule has 0 saturated carbocycles. The normalized spacial score (nSPS) is 11.4. The Hall–Kier alpha value is -1.27. The molecule has 0 saturated heterocycles. The summed E-state index contributed by atoms with van der Waals surface area (Å²) in [4.78, 5) is 4.39. The molecule has 0 bridgehead atoms. The zero-order chi connectivity index (χ0) is 12.4. The second-order valence-electron chi connectivity index (χ2n) is 4.42. The highest BCUT2D eigenvalue weighted by Gasteiger charge is 2.16. The molecule has 0 fully saturated rings. The van der Waals surface area contributed by atoms with Crippen LogP contribution in [0.1, 0.15) is 30.9 Å². The zero-order valence-electron chi connectivity index (χ0n) is 10.2. The zero-order valence-corrected chi connectivity index (χ0v) is 11.0. The number of nitrogens with zero attached hydrogens (tertiary/aromatic N) is 4. The van der Waals surface area contributed by atoms with Gasteiger partial charge in [0, 0.05) is 5.38 Å². The molecular formula is C11H16N4OS. The Bertz CT molecular complexity index is 503. The van der Waals surface area contributed by atoms with Gasteiger partial charge in [0.15, 0.2) is 0 Å². The van der Waals surface area contributed by atoms with Crippen molar-refractivity contribution in [3.63, 3.8) is 0 Å². The van der Waals surface area contributed by atoms with E-state index in [9.17, 15) is 5.11 Å². The summed E-state index contributed by atoms with van der Waals surface area (Å²) >= 11 is 1.54. The van der Waals surface area contributed by atoms with Gasteiger partial charge in [-0.05, 0) is 19.3 Å². The first kappa shape index (κ1) is 12.2. The van der Waals surface area contributed by atoms with E-state index in [0.717, 1.165) is 22.9 Å². The largest absolute Gasteiger partial charge is 0.390 e. The highest BCUT2D eigenvalue weighted by Crippen LogP contribution is 2.19. The quantitative estimate of drug-likeness (QED) is 0.900. The van der Waals surface area contributed by atoms with E-state index in [1.54, 1.807) is 4.68 Å². The van der Waals surface area contributed by atoms with Gasteiger partial charge in [-0.15, -0.1) is 16.4 Å². The van der Waals surface area contributed by atoms with Gasteiger partial charge in [0.25, 0.3) is 0 Å². The van der Waals surface area contributed by atoms with Crippen molar-refractivity contribution in [2.75, 3.05) is 0 Å². The van der Waals surface area contributed by atoms with E-state index >= 15 is 0 Å². The topological polar surface area (TPSA) is 63.8 Å². The van der Waals surface area contributed by atoms with Gasteiger partial charge in [-0.1, -0.05) is 19.1 Å². The van der Waals surface area contributed by atoms with Gasteiger partial charge < -0.3 is 5.11 Å². The average molecular weight is 252 g/mol. The van der Waals surface area contributed by atoms with Crippen molar-refractivity contribution in [3.8, 4) is 5.13 Å². The van der Waals surface area contributed by atoms with Crippen LogP contribution in [0.3, 0.4) is 0 Å². The molecule has 17 heavy (non-hydrogen) atoms. The minimum Gasteiger partial charge on any atom is -0.390 e. The monoisotopic (exact) mass is 252 g/mol. The van der Waals surface area contributed by atoms with Gasteiger partial charge in [0.1, 0.15) is 5.69 Å². The molecule has 0 unspecified atom stereocenters. The molecule has 5 nitrogen and oxygen atoms in total. The number of aryl methyl sites for hydroxylation is 1. The van der Waals surface area contributed by atoms with Gasteiger partial charge in [-0.25, -0.2) is 4.98 Å². The lowest BCUT2D eigenvalue weighted by atomic mass is 10.1. The number of aromatic nitrogens is 4. The predicted octanol–water partition coefficient (Wildman–Crippen LogP) is 1.72. The molecule has 2 aromatic rings. The molecule has 92 valence electrons. The van der Waals surface area contributed by atoms with E-state index in [-0.39, 0.29) is 6.61 Å². The van der Waals surface area contributed by atoms with E-state index in [2.05, 4.69) is 29.1 Å². The molecule has 0 aliphatic heterocycles. The minimum absolute atomic E-state index is 0.0770. The Morgan fingerprint density at radius 3 is 2.76 bits per heavy atom. The third-order valence-electron chi connectivity index (χ3n) is 2.38. The Labute approximate surface area is 104 Å². The Balaban J connectivity index is 2.43. The molecule has 2 aromatic heterocycles. The second-order valence-corrected chi connectivity index (χ2v) is 5.26. The molecule has 0 spiro atoms. The summed E-state index contributed by atoms with van der Waals surface area (Å²) in [6, 6.07) is 0. The highest BCUT2D eigenvalue weighted by atomic mass is 32.1. The van der Waals surface area contributed by atoms with Gasteiger partial charge in [-0.2, -0.15) is 4.68 Å². The van der Waals surface area contributed by atoms with Crippen molar-refractivity contribution in [2.45, 2.75) is 33.8 Å². The van der Waals surface area contributed by atoms with E-state index in [1.165, 1.54) is 11.3 Å². The van der Waals surface area contributed by atoms with E-state index in [0.29, 0.717) is 11.6 Å². The van der Waals surface area contributed by atoms with Gasteiger partial charge in [0.2, 0.25) is 5.13 Å². The van der Waals surface area contributed by atoms with Crippen LogP contribution >= 0.6 is 11.3 Å². The lowest BCUT2D eigenvalue weighted by Crippen LogP contribution is -2.07. The van der Waals surface area contributed by atoms with Crippen molar-refractivity contribution in [3.05, 3.63) is 22.5 Å². The fourth-order valence-electron chi connectivity index (χ4n) is 1.64. The molecule has 0 atom stereocenters. The molecule has 1 N–H and O–H groups in total. The molecule has 6 heteroatoms. The third-order valence-corrected chi connectivity index (χ3v) is 3.32. The number of hydrogen-bond acceptors (Lipinski definition) is 5. The summed E-state index contributed by atoms with van der Waals surface area (Å²) in [5.41, 5.74) is 2.57. The van der Waals surface area contributed by atoms with Gasteiger partial charge in [-0.3, -0.25) is 0 Å². The number of thiazole rings is 1. The lowest BCUT2D eigenvalue weighted by molar-refractivity contribution is 0.275. The third kappa shape index (κ3) is 2.53. The van der Waals surface area contributed by atoms with Gasteiger partial charge >= 0.3 is 0 Å². The van der Waals surface area contributed by atoms with Crippen LogP contribution in [-0.4, -0.2) is 25.1 Å². The van der Waals surface area contributed by atoms with Crippen molar-refractivity contribution in [1.82, 2.24) is 20.0 Å². The summed E-state index contributed by atoms with van der Waals surface area (Å²) < 4.78 is 1.74. The number of aliphatic hydroxyl groups is 1. The maximum Gasteiger partial charge on any atom is 0.212 e. The van der Waals surface area contributed by atoms with Crippen molar-refractivity contribution in [1.29, 1.82) is 0 Å². The highest BCUT2D eigenvalue weighted by molar-refractivity contribution is 7.12. The van der Waals surface area contributed by atoms with Crippen LogP contribution in [0.4, 0.5) is 0 Å². The van der Waals surface area contributed by atoms with Crippen LogP contribution in [0.25, 0.3) is 5.13 Å². The molecule has 2 heterocycles. The van der Waals surface area contributed by atoms with Crippen LogP contribution in [0, 0.1) is 12.8 Å². The number of aliphatic hydroxyl groups excluding tert-OH is 1. The van der Waals surface area contributed by atoms with Crippen LogP contribution in [0.5, 0.6) is 0 Å². The molecule has 0 radical (unpaired) electrons. The first-order valence-corrected chi connectivity index (χ1v) is 6.46.